The first-order valence-corrected chi connectivity index (χ1v) is 9.21. The van der Waals surface area contributed by atoms with E-state index in [4.69, 9.17) is 5.26 Å². The number of amides is 1. The van der Waals surface area contributed by atoms with Crippen LogP contribution < -0.4 is 10.1 Å². The number of aromatic nitrogens is 1. The molecule has 0 unspecified atom stereocenters. The molecule has 0 fully saturated rings. The lowest BCUT2D eigenvalue weighted by Crippen LogP contribution is -2.19. The van der Waals surface area contributed by atoms with Crippen molar-refractivity contribution in [3.05, 3.63) is 64.7 Å². The fourth-order valence-electron chi connectivity index (χ4n) is 2.43. The zero-order chi connectivity index (χ0) is 21.0. The van der Waals surface area contributed by atoms with Gasteiger partial charge in [0.15, 0.2) is 6.61 Å². The number of nitrogens with one attached hydrogen (secondary N) is 1. The lowest BCUT2D eigenvalue weighted by Gasteiger charge is -2.12. The maximum absolute atomic E-state index is 12.4. The number of hydrogen-bond acceptors (Lipinski definition) is 5. The van der Waals surface area contributed by atoms with Crippen LogP contribution in [0.15, 0.2) is 47.8 Å². The quantitative estimate of drug-likeness (QED) is 0.620. The molecule has 2 aromatic carbocycles. The predicted molar refractivity (Wildman–Crippen MR) is 103 cm³/mol. The number of nitrogens with zero attached hydrogens (tertiary/aromatic N) is 2. The number of aryl methyl sites for hydroxylation is 1. The Morgan fingerprint density at radius 1 is 1.24 bits per heavy atom. The Hall–Kier alpha value is -3.38. The summed E-state index contributed by atoms with van der Waals surface area (Å²) in [6.45, 7) is 0.398. The van der Waals surface area contributed by atoms with Crippen molar-refractivity contribution in [3.63, 3.8) is 0 Å². The molecule has 0 saturated carbocycles. The maximum Gasteiger partial charge on any atom is 0.422 e. The standard InChI is InChI=1S/C20H14F3N3O2S/c1-12-10-29-19(25-12)14-4-2-13(3-5-14)18(27)26-16-6-7-17(15(8-16)9-24)28-11-20(21,22)23/h2-8,10H,11H2,1H3,(H,26,27). The summed E-state index contributed by atoms with van der Waals surface area (Å²) in [5.41, 5.74) is 2.35. The largest absolute Gasteiger partial charge is 0.483 e. The topological polar surface area (TPSA) is 75.0 Å². The molecule has 0 spiro atoms. The average Bonchev–Trinajstić information content (AvgIpc) is 3.12. The van der Waals surface area contributed by atoms with Crippen molar-refractivity contribution in [1.29, 1.82) is 5.26 Å². The summed E-state index contributed by atoms with van der Waals surface area (Å²) in [6, 6.07) is 12.5. The molecular formula is C20H14F3N3O2S. The molecule has 0 atom stereocenters. The number of thiazole rings is 1. The van der Waals surface area contributed by atoms with Crippen molar-refractivity contribution in [3.8, 4) is 22.4 Å². The van der Waals surface area contributed by atoms with E-state index in [0.29, 0.717) is 5.56 Å². The van der Waals surface area contributed by atoms with Gasteiger partial charge in [0.25, 0.3) is 5.91 Å². The zero-order valence-electron chi connectivity index (χ0n) is 15.1. The van der Waals surface area contributed by atoms with Crippen LogP contribution in [0.25, 0.3) is 10.6 Å². The number of benzene rings is 2. The van der Waals surface area contributed by atoms with Crippen LogP contribution in [0.5, 0.6) is 5.75 Å². The number of hydrogen-bond donors (Lipinski definition) is 1. The third-order valence-corrected chi connectivity index (χ3v) is 4.77. The maximum atomic E-state index is 12.4. The Labute approximate surface area is 168 Å². The fraction of sp³-hybridized carbons (Fsp3) is 0.150. The van der Waals surface area contributed by atoms with Crippen molar-refractivity contribution in [2.45, 2.75) is 13.1 Å². The molecule has 0 saturated heterocycles. The number of carbonyl (C=O) groups excluding carboxylic acids is 1. The number of halogens is 3. The number of ether oxygens (including phenoxy) is 1. The summed E-state index contributed by atoms with van der Waals surface area (Å²) in [5.74, 6) is -0.620. The Kier molecular flexibility index (Phi) is 5.84. The van der Waals surface area contributed by atoms with Gasteiger partial charge in [0, 0.05) is 27.9 Å². The zero-order valence-corrected chi connectivity index (χ0v) is 15.9. The summed E-state index contributed by atoms with van der Waals surface area (Å²) in [5, 5.41) is 14.5. The van der Waals surface area contributed by atoms with Gasteiger partial charge in [0.2, 0.25) is 0 Å². The Balaban J connectivity index is 1.71. The van der Waals surface area contributed by atoms with Gasteiger partial charge in [-0.1, -0.05) is 12.1 Å². The van der Waals surface area contributed by atoms with Gasteiger partial charge in [0.05, 0.1) is 5.56 Å². The van der Waals surface area contributed by atoms with E-state index < -0.39 is 18.7 Å². The van der Waals surface area contributed by atoms with E-state index in [-0.39, 0.29) is 17.0 Å². The number of nitriles is 1. The normalized spacial score (nSPS) is 11.0. The summed E-state index contributed by atoms with van der Waals surface area (Å²) in [7, 11) is 0. The van der Waals surface area contributed by atoms with Crippen LogP contribution in [-0.2, 0) is 0 Å². The smallest absolute Gasteiger partial charge is 0.422 e. The van der Waals surface area contributed by atoms with Crippen LogP contribution in [-0.4, -0.2) is 23.7 Å². The molecule has 0 aliphatic rings. The van der Waals surface area contributed by atoms with Crippen molar-refractivity contribution in [2.24, 2.45) is 0 Å². The van der Waals surface area contributed by atoms with Crippen LogP contribution in [0.1, 0.15) is 21.6 Å². The second-order valence-corrected chi connectivity index (χ2v) is 6.91. The predicted octanol–water partition coefficient (Wildman–Crippen LogP) is 5.18. The molecular weight excluding hydrogens is 403 g/mol. The van der Waals surface area contributed by atoms with E-state index in [2.05, 4.69) is 15.0 Å². The van der Waals surface area contributed by atoms with Crippen LogP contribution in [0, 0.1) is 18.3 Å². The van der Waals surface area contributed by atoms with E-state index in [9.17, 15) is 18.0 Å². The van der Waals surface area contributed by atoms with Gasteiger partial charge in [-0.2, -0.15) is 18.4 Å². The number of anilines is 1. The summed E-state index contributed by atoms with van der Waals surface area (Å²) < 4.78 is 41.5. The minimum Gasteiger partial charge on any atom is -0.483 e. The van der Waals surface area contributed by atoms with E-state index in [1.54, 1.807) is 30.3 Å². The summed E-state index contributed by atoms with van der Waals surface area (Å²) >= 11 is 1.51. The Morgan fingerprint density at radius 3 is 2.55 bits per heavy atom. The lowest BCUT2D eigenvalue weighted by molar-refractivity contribution is -0.153. The minimum atomic E-state index is -4.51. The van der Waals surface area contributed by atoms with Gasteiger partial charge in [-0.15, -0.1) is 11.3 Å². The Bertz CT molecular complexity index is 1070. The molecule has 0 bridgehead atoms. The molecule has 9 heteroatoms. The molecule has 1 N–H and O–H groups in total. The van der Waals surface area contributed by atoms with Gasteiger partial charge in [-0.3, -0.25) is 4.79 Å². The van der Waals surface area contributed by atoms with Gasteiger partial charge in [0.1, 0.15) is 16.8 Å². The molecule has 1 amide bonds. The summed E-state index contributed by atoms with van der Waals surface area (Å²) in [4.78, 5) is 16.8. The third kappa shape index (κ3) is 5.33. The molecule has 3 aromatic rings. The molecule has 148 valence electrons. The number of alkyl halides is 3. The van der Waals surface area contributed by atoms with E-state index >= 15 is 0 Å². The van der Waals surface area contributed by atoms with Crippen LogP contribution >= 0.6 is 11.3 Å². The first kappa shape index (κ1) is 20.4. The first-order chi connectivity index (χ1) is 13.7. The molecule has 3 rings (SSSR count). The van der Waals surface area contributed by atoms with Crippen LogP contribution in [0.3, 0.4) is 0 Å². The highest BCUT2D eigenvalue weighted by Crippen LogP contribution is 2.26. The second kappa shape index (κ2) is 8.32. The Morgan fingerprint density at radius 2 is 1.97 bits per heavy atom. The minimum absolute atomic E-state index is 0.110. The highest BCUT2D eigenvalue weighted by molar-refractivity contribution is 7.13. The molecule has 0 aliphatic heterocycles. The van der Waals surface area contributed by atoms with Gasteiger partial charge < -0.3 is 10.1 Å². The van der Waals surface area contributed by atoms with Crippen molar-refractivity contribution < 1.29 is 22.7 Å². The molecule has 29 heavy (non-hydrogen) atoms. The second-order valence-electron chi connectivity index (χ2n) is 6.05. The first-order valence-electron chi connectivity index (χ1n) is 8.33. The van der Waals surface area contributed by atoms with Crippen molar-refractivity contribution in [1.82, 2.24) is 4.98 Å². The van der Waals surface area contributed by atoms with Crippen LogP contribution in [0.4, 0.5) is 18.9 Å². The van der Waals surface area contributed by atoms with E-state index in [1.165, 1.54) is 29.5 Å². The van der Waals surface area contributed by atoms with E-state index in [0.717, 1.165) is 16.3 Å². The fourth-order valence-corrected chi connectivity index (χ4v) is 3.24. The lowest BCUT2D eigenvalue weighted by atomic mass is 10.1. The highest BCUT2D eigenvalue weighted by Gasteiger charge is 2.28. The summed E-state index contributed by atoms with van der Waals surface area (Å²) in [6.07, 6.45) is -4.51. The van der Waals surface area contributed by atoms with Gasteiger partial charge in [-0.05, 0) is 37.3 Å². The number of carbonyl (C=O) groups is 1. The SMILES string of the molecule is Cc1csc(-c2ccc(C(=O)Nc3ccc(OCC(F)(F)F)c(C#N)c3)cc2)n1. The number of rotatable bonds is 5. The van der Waals surface area contributed by atoms with Crippen LogP contribution in [0.2, 0.25) is 0 Å². The third-order valence-electron chi connectivity index (χ3n) is 3.76. The molecule has 0 aliphatic carbocycles. The van der Waals surface area contributed by atoms with Crippen molar-refractivity contribution in [2.75, 3.05) is 11.9 Å². The molecule has 1 heterocycles. The van der Waals surface area contributed by atoms with Crippen molar-refractivity contribution >= 4 is 22.9 Å². The highest BCUT2D eigenvalue weighted by atomic mass is 32.1. The molecule has 1 aromatic heterocycles. The van der Waals surface area contributed by atoms with E-state index in [1.807, 2.05) is 12.3 Å². The van der Waals surface area contributed by atoms with Gasteiger partial charge in [-0.25, -0.2) is 4.98 Å². The molecule has 0 radical (unpaired) electrons. The monoisotopic (exact) mass is 417 g/mol. The van der Waals surface area contributed by atoms with Gasteiger partial charge >= 0.3 is 6.18 Å². The average molecular weight is 417 g/mol. The molecule has 5 nitrogen and oxygen atoms in total.